The maximum Gasteiger partial charge on any atom is 0.179 e. The third-order valence-corrected chi connectivity index (χ3v) is 10.0. The molecular formula is C27H44N2S2. The van der Waals surface area contributed by atoms with Crippen LogP contribution in [0.4, 0.5) is 0 Å². The zero-order valence-electron chi connectivity index (χ0n) is 21.1. The van der Waals surface area contributed by atoms with Gasteiger partial charge in [-0.2, -0.15) is 0 Å². The largest absolute Gasteiger partial charge is 0.268 e. The number of hydrogen-bond acceptors (Lipinski definition) is 4. The van der Waals surface area contributed by atoms with Crippen LogP contribution in [0.1, 0.15) is 115 Å². The van der Waals surface area contributed by atoms with Gasteiger partial charge in [-0.25, -0.2) is 0 Å². The van der Waals surface area contributed by atoms with E-state index in [1.165, 1.54) is 59.5 Å². The molecule has 1 fully saturated rings. The highest BCUT2D eigenvalue weighted by atomic mass is 32.2. The van der Waals surface area contributed by atoms with Gasteiger partial charge in [-0.1, -0.05) is 97.5 Å². The molecule has 0 spiro atoms. The molecule has 174 valence electrons. The Labute approximate surface area is 200 Å². The fourth-order valence-electron chi connectivity index (χ4n) is 4.95. The van der Waals surface area contributed by atoms with Crippen LogP contribution in [0, 0.1) is 0 Å². The third kappa shape index (κ3) is 5.08. The van der Waals surface area contributed by atoms with E-state index in [4.69, 9.17) is 0 Å². The lowest BCUT2D eigenvalue weighted by Gasteiger charge is -2.48. The van der Waals surface area contributed by atoms with Crippen molar-refractivity contribution in [1.29, 1.82) is 0 Å². The van der Waals surface area contributed by atoms with Crippen molar-refractivity contribution in [2.75, 3.05) is 26.2 Å². The summed E-state index contributed by atoms with van der Waals surface area (Å²) >= 11 is 4.19. The molecule has 0 aliphatic carbocycles. The van der Waals surface area contributed by atoms with Crippen LogP contribution in [-0.4, -0.2) is 40.3 Å². The highest BCUT2D eigenvalue weighted by molar-refractivity contribution is 8.27. The van der Waals surface area contributed by atoms with Crippen molar-refractivity contribution in [3.8, 4) is 0 Å². The topological polar surface area (TPSA) is 6.48 Å². The number of piperidine rings is 1. The molecule has 2 aliphatic heterocycles. The number of thioether (sulfide) groups is 2. The highest BCUT2D eigenvalue weighted by Gasteiger charge is 2.47. The summed E-state index contributed by atoms with van der Waals surface area (Å²) in [5.41, 5.74) is 6.07. The first-order chi connectivity index (χ1) is 14.7. The van der Waals surface area contributed by atoms with E-state index in [0.29, 0.717) is 17.8 Å². The van der Waals surface area contributed by atoms with Crippen LogP contribution >= 0.6 is 23.5 Å². The fourth-order valence-corrected chi connectivity index (χ4v) is 8.33. The molecule has 2 aliphatic rings. The van der Waals surface area contributed by atoms with Gasteiger partial charge in [-0.15, -0.1) is 0 Å². The van der Waals surface area contributed by atoms with Crippen LogP contribution in [-0.2, 0) is 0 Å². The van der Waals surface area contributed by atoms with Crippen LogP contribution < -0.4 is 0 Å². The normalized spacial score (nSPS) is 22.9. The van der Waals surface area contributed by atoms with Crippen LogP contribution in [0.25, 0.3) is 4.91 Å². The van der Waals surface area contributed by atoms with Crippen LogP contribution in [0.15, 0.2) is 17.5 Å². The molecule has 1 aromatic rings. The van der Waals surface area contributed by atoms with Gasteiger partial charge in [0.25, 0.3) is 0 Å². The molecule has 0 saturated carbocycles. The Morgan fingerprint density at radius 2 is 1.42 bits per heavy atom. The first-order valence-electron chi connectivity index (χ1n) is 12.5. The summed E-state index contributed by atoms with van der Waals surface area (Å²) in [6.07, 6.45) is 4.04. The molecule has 0 amide bonds. The van der Waals surface area contributed by atoms with Gasteiger partial charge >= 0.3 is 0 Å². The van der Waals surface area contributed by atoms with Crippen molar-refractivity contribution in [3.05, 3.63) is 39.8 Å². The standard InChI is InChI=1S/C27H44N2S2/c1-9-28(10-2)27(29-14-12-11-13-15-29)30-18-25(31-27)26-23(20(5)6)16-22(19(3)4)17-24(26)21(7)8/h16-21H,9-15H2,1-8H3. The number of hydrogen-bond donors (Lipinski definition) is 0. The SMILES string of the molecule is CCN(CC)C1(N2CCCCC2)SC=C(c2c(C(C)C)cc(C(C)C)cc2C(C)C)S1. The second-order valence-corrected chi connectivity index (χ2v) is 12.5. The predicted octanol–water partition coefficient (Wildman–Crippen LogP) is 8.27. The second-order valence-electron chi connectivity index (χ2n) is 10.0. The minimum atomic E-state index is 0.0124. The Balaban J connectivity index is 2.08. The van der Waals surface area contributed by atoms with E-state index in [9.17, 15) is 0 Å². The smallest absolute Gasteiger partial charge is 0.179 e. The molecule has 1 saturated heterocycles. The van der Waals surface area contributed by atoms with Crippen molar-refractivity contribution >= 4 is 28.4 Å². The summed E-state index contributed by atoms with van der Waals surface area (Å²) in [4.78, 5) is 6.95. The Morgan fingerprint density at radius 1 is 0.871 bits per heavy atom. The summed E-state index contributed by atoms with van der Waals surface area (Å²) in [7, 11) is 0. The fraction of sp³-hybridized carbons (Fsp3) is 0.704. The van der Waals surface area contributed by atoms with Gasteiger partial charge in [0.2, 0.25) is 0 Å². The summed E-state index contributed by atoms with van der Waals surface area (Å²) in [6.45, 7) is 23.4. The van der Waals surface area contributed by atoms with Crippen molar-refractivity contribution in [2.45, 2.75) is 96.7 Å². The molecule has 1 aromatic carbocycles. The molecule has 2 heterocycles. The summed E-state index contributed by atoms with van der Waals surface area (Å²) in [5, 5.41) is 2.50. The third-order valence-electron chi connectivity index (χ3n) is 6.86. The maximum absolute atomic E-state index is 2.77. The molecule has 0 radical (unpaired) electrons. The summed E-state index contributed by atoms with van der Waals surface area (Å²) < 4.78 is 0.0124. The number of rotatable bonds is 8. The van der Waals surface area contributed by atoms with Gasteiger partial charge in [0, 0.05) is 18.0 Å². The monoisotopic (exact) mass is 460 g/mol. The van der Waals surface area contributed by atoms with E-state index in [1.807, 2.05) is 0 Å². The van der Waals surface area contributed by atoms with Gasteiger partial charge in [-0.3, -0.25) is 9.80 Å². The van der Waals surface area contributed by atoms with Crippen LogP contribution in [0.5, 0.6) is 0 Å². The van der Waals surface area contributed by atoms with Crippen molar-refractivity contribution < 1.29 is 0 Å². The molecule has 0 N–H and O–H groups in total. The minimum absolute atomic E-state index is 0.0124. The first kappa shape index (κ1) is 25.2. The van der Waals surface area contributed by atoms with E-state index in [1.54, 1.807) is 0 Å². The van der Waals surface area contributed by atoms with E-state index in [0.717, 1.165) is 13.1 Å². The van der Waals surface area contributed by atoms with Crippen molar-refractivity contribution in [2.24, 2.45) is 0 Å². The van der Waals surface area contributed by atoms with Crippen molar-refractivity contribution in [3.63, 3.8) is 0 Å². The molecule has 0 aromatic heterocycles. The Bertz CT molecular complexity index is 744. The maximum atomic E-state index is 2.77. The van der Waals surface area contributed by atoms with Gasteiger partial charge in [0.1, 0.15) is 0 Å². The zero-order valence-corrected chi connectivity index (χ0v) is 22.8. The van der Waals surface area contributed by atoms with Gasteiger partial charge in [0.15, 0.2) is 4.33 Å². The summed E-state index contributed by atoms with van der Waals surface area (Å²) in [6, 6.07) is 5.00. The lowest BCUT2D eigenvalue weighted by atomic mass is 9.84. The molecule has 3 rings (SSSR count). The first-order valence-corrected chi connectivity index (χ1v) is 14.2. The lowest BCUT2D eigenvalue weighted by Crippen LogP contribution is -2.56. The van der Waals surface area contributed by atoms with E-state index in [-0.39, 0.29) is 4.33 Å². The molecule has 4 heteroatoms. The molecule has 31 heavy (non-hydrogen) atoms. The molecule has 1 atom stereocenters. The van der Waals surface area contributed by atoms with Gasteiger partial charge < -0.3 is 0 Å². The zero-order chi connectivity index (χ0) is 22.8. The average Bonchev–Trinajstić information content (AvgIpc) is 3.20. The van der Waals surface area contributed by atoms with Gasteiger partial charge in [-0.05, 0) is 71.3 Å². The molecule has 0 bridgehead atoms. The molecule has 2 nitrogen and oxygen atoms in total. The average molecular weight is 461 g/mol. The molecule has 1 unspecified atom stereocenters. The molecular weight excluding hydrogens is 416 g/mol. The van der Waals surface area contributed by atoms with Gasteiger partial charge in [0.05, 0.1) is 0 Å². The van der Waals surface area contributed by atoms with Crippen molar-refractivity contribution in [1.82, 2.24) is 9.80 Å². The minimum Gasteiger partial charge on any atom is -0.268 e. The number of nitrogens with zero attached hydrogens (tertiary/aromatic N) is 2. The predicted molar refractivity (Wildman–Crippen MR) is 143 cm³/mol. The Morgan fingerprint density at radius 3 is 1.87 bits per heavy atom. The number of benzene rings is 1. The second kappa shape index (κ2) is 10.7. The highest BCUT2D eigenvalue weighted by Crippen LogP contribution is 2.58. The quantitative estimate of drug-likeness (QED) is 0.385. The van der Waals surface area contributed by atoms with E-state index >= 15 is 0 Å². The Hall–Kier alpha value is -0.420. The lowest BCUT2D eigenvalue weighted by molar-refractivity contribution is 0.0731. The van der Waals surface area contributed by atoms with Crippen LogP contribution in [0.3, 0.4) is 0 Å². The Kier molecular flexibility index (Phi) is 8.68. The summed E-state index contributed by atoms with van der Waals surface area (Å²) in [5.74, 6) is 1.61. The van der Waals surface area contributed by atoms with E-state index < -0.39 is 0 Å². The van der Waals surface area contributed by atoms with Crippen LogP contribution in [0.2, 0.25) is 0 Å². The van der Waals surface area contributed by atoms with E-state index in [2.05, 4.69) is 106 Å². The number of likely N-dealkylation sites (tertiary alicyclic amines) is 1.